The van der Waals surface area contributed by atoms with Crippen molar-refractivity contribution in [3.05, 3.63) is 93.4 Å². The molecule has 2 heterocycles. The van der Waals surface area contributed by atoms with Gasteiger partial charge in [0.25, 0.3) is 5.91 Å². The number of nitrogens with one attached hydrogen (secondary N) is 1. The summed E-state index contributed by atoms with van der Waals surface area (Å²) in [4.78, 5) is 14.9. The van der Waals surface area contributed by atoms with Crippen molar-refractivity contribution in [3.8, 4) is 0 Å². The van der Waals surface area contributed by atoms with Crippen LogP contribution in [0.4, 0.5) is 4.39 Å². The van der Waals surface area contributed by atoms with Gasteiger partial charge in [-0.1, -0.05) is 30.3 Å². The van der Waals surface area contributed by atoms with Crippen LogP contribution in [0, 0.1) is 5.82 Å². The Morgan fingerprint density at radius 3 is 2.78 bits per heavy atom. The third-order valence-electron chi connectivity index (χ3n) is 5.07. The first-order valence-electron chi connectivity index (χ1n) is 9.07. The molecule has 2 aromatic carbocycles. The predicted octanol–water partition coefficient (Wildman–Crippen LogP) is 4.42. The Bertz CT molecular complexity index is 926. The fraction of sp³-hybridized carbons (Fsp3) is 0.227. The lowest BCUT2D eigenvalue weighted by Crippen LogP contribution is -2.40. The first-order chi connectivity index (χ1) is 13.2. The molecule has 0 saturated heterocycles. The number of hydrogen-bond acceptors (Lipinski definition) is 3. The number of fused-ring (bicyclic) bond motifs is 1. The summed E-state index contributed by atoms with van der Waals surface area (Å²) in [5, 5.41) is 7.20. The number of amides is 1. The number of halogens is 1. The van der Waals surface area contributed by atoms with Gasteiger partial charge in [0.05, 0.1) is 6.04 Å². The molecule has 0 aliphatic carbocycles. The molecular weight excluding hydrogens is 359 g/mol. The lowest BCUT2D eigenvalue weighted by molar-refractivity contribution is 0.0927. The second-order valence-electron chi connectivity index (χ2n) is 6.78. The summed E-state index contributed by atoms with van der Waals surface area (Å²) in [7, 11) is 0. The van der Waals surface area contributed by atoms with Gasteiger partial charge in [0, 0.05) is 25.2 Å². The quantitative estimate of drug-likeness (QED) is 0.711. The van der Waals surface area contributed by atoms with Crippen molar-refractivity contribution in [2.45, 2.75) is 19.0 Å². The van der Waals surface area contributed by atoms with E-state index < -0.39 is 5.82 Å². The number of carbonyl (C=O) groups excluding carboxylic acids is 1. The highest BCUT2D eigenvalue weighted by Crippen LogP contribution is 2.28. The minimum Gasteiger partial charge on any atom is -0.350 e. The summed E-state index contributed by atoms with van der Waals surface area (Å²) in [5.41, 5.74) is 4.31. The van der Waals surface area contributed by atoms with Crippen LogP contribution < -0.4 is 5.32 Å². The molecule has 0 radical (unpaired) electrons. The Labute approximate surface area is 162 Å². The van der Waals surface area contributed by atoms with Crippen LogP contribution in [0.2, 0.25) is 0 Å². The molecule has 27 heavy (non-hydrogen) atoms. The molecule has 0 fully saturated rings. The second-order valence-corrected chi connectivity index (χ2v) is 7.56. The first-order valence-corrected chi connectivity index (χ1v) is 10.0. The molecule has 1 aliphatic rings. The standard InChI is InChI=1S/C22H21FN2OS/c23-20-7-3-6-17(12-20)22(26)24-13-21(19-9-11-27-15-19)25-10-8-16-4-1-2-5-18(16)14-25/h1-7,9,11-12,15,21H,8,10,13-14H2,(H,24,26)/t21-/m1/s1. The average molecular weight is 380 g/mol. The second kappa shape index (κ2) is 8.03. The maximum Gasteiger partial charge on any atom is 0.251 e. The predicted molar refractivity (Wildman–Crippen MR) is 106 cm³/mol. The number of carbonyl (C=O) groups is 1. The number of benzene rings is 2. The summed E-state index contributed by atoms with van der Waals surface area (Å²) in [5.74, 6) is -0.642. The van der Waals surface area contributed by atoms with Crippen molar-refractivity contribution < 1.29 is 9.18 Å². The molecule has 1 amide bonds. The molecular formula is C22H21FN2OS. The summed E-state index contributed by atoms with van der Waals surface area (Å²) in [6.45, 7) is 2.31. The van der Waals surface area contributed by atoms with Gasteiger partial charge >= 0.3 is 0 Å². The van der Waals surface area contributed by atoms with Crippen LogP contribution in [-0.2, 0) is 13.0 Å². The normalized spacial score (nSPS) is 15.1. The molecule has 3 nitrogen and oxygen atoms in total. The minimum atomic E-state index is -0.398. The molecule has 4 rings (SSSR count). The summed E-state index contributed by atoms with van der Waals surface area (Å²) in [6.07, 6.45) is 1.01. The molecule has 3 aromatic rings. The van der Waals surface area contributed by atoms with E-state index in [1.54, 1.807) is 23.5 Å². The third-order valence-corrected chi connectivity index (χ3v) is 5.77. The molecule has 0 spiro atoms. The number of nitrogens with zero attached hydrogens (tertiary/aromatic N) is 1. The molecule has 1 aromatic heterocycles. The Balaban J connectivity index is 1.50. The Morgan fingerprint density at radius 1 is 1.15 bits per heavy atom. The number of hydrogen-bond donors (Lipinski definition) is 1. The van der Waals surface area contributed by atoms with E-state index in [-0.39, 0.29) is 11.9 Å². The third kappa shape index (κ3) is 4.10. The van der Waals surface area contributed by atoms with Gasteiger partial charge in [-0.25, -0.2) is 4.39 Å². The zero-order valence-corrected chi connectivity index (χ0v) is 15.7. The minimum absolute atomic E-state index is 0.0992. The Hall–Kier alpha value is -2.50. The van der Waals surface area contributed by atoms with Gasteiger partial charge in [0.15, 0.2) is 0 Å². The lowest BCUT2D eigenvalue weighted by atomic mass is 9.97. The van der Waals surface area contributed by atoms with E-state index in [0.717, 1.165) is 19.5 Å². The fourth-order valence-electron chi connectivity index (χ4n) is 3.63. The van der Waals surface area contributed by atoms with E-state index >= 15 is 0 Å². The van der Waals surface area contributed by atoms with E-state index in [1.807, 2.05) is 0 Å². The molecule has 0 saturated carbocycles. The lowest BCUT2D eigenvalue weighted by Gasteiger charge is -2.35. The van der Waals surface area contributed by atoms with Gasteiger partial charge in [0.1, 0.15) is 5.82 Å². The maximum atomic E-state index is 13.4. The van der Waals surface area contributed by atoms with E-state index in [1.165, 1.54) is 28.8 Å². The molecule has 1 N–H and O–H groups in total. The van der Waals surface area contributed by atoms with Crippen LogP contribution in [0.15, 0.2) is 65.4 Å². The summed E-state index contributed by atoms with van der Waals surface area (Å²) >= 11 is 1.66. The average Bonchev–Trinajstić information content (AvgIpc) is 3.22. The Kier molecular flexibility index (Phi) is 5.32. The van der Waals surface area contributed by atoms with Crippen LogP contribution in [0.1, 0.15) is 33.1 Å². The van der Waals surface area contributed by atoms with Crippen LogP contribution in [0.3, 0.4) is 0 Å². The van der Waals surface area contributed by atoms with Crippen LogP contribution in [0.5, 0.6) is 0 Å². The van der Waals surface area contributed by atoms with Gasteiger partial charge in [-0.3, -0.25) is 9.69 Å². The van der Waals surface area contributed by atoms with Crippen LogP contribution >= 0.6 is 11.3 Å². The number of rotatable bonds is 5. The van der Waals surface area contributed by atoms with Gasteiger partial charge in [-0.15, -0.1) is 0 Å². The van der Waals surface area contributed by atoms with Crippen molar-refractivity contribution in [3.63, 3.8) is 0 Å². The maximum absolute atomic E-state index is 13.4. The van der Waals surface area contributed by atoms with Crippen molar-refractivity contribution >= 4 is 17.2 Å². The molecule has 0 bridgehead atoms. The smallest absolute Gasteiger partial charge is 0.251 e. The van der Waals surface area contributed by atoms with Crippen molar-refractivity contribution in [1.29, 1.82) is 0 Å². The highest BCUT2D eigenvalue weighted by Gasteiger charge is 2.25. The van der Waals surface area contributed by atoms with E-state index in [9.17, 15) is 9.18 Å². The molecule has 5 heteroatoms. The van der Waals surface area contributed by atoms with Crippen LogP contribution in [-0.4, -0.2) is 23.9 Å². The van der Waals surface area contributed by atoms with E-state index in [4.69, 9.17) is 0 Å². The zero-order chi connectivity index (χ0) is 18.6. The molecule has 138 valence electrons. The largest absolute Gasteiger partial charge is 0.350 e. The van der Waals surface area contributed by atoms with Gasteiger partial charge in [-0.2, -0.15) is 11.3 Å². The van der Waals surface area contributed by atoms with Gasteiger partial charge < -0.3 is 5.32 Å². The molecule has 0 unspecified atom stereocenters. The van der Waals surface area contributed by atoms with Crippen molar-refractivity contribution in [1.82, 2.24) is 10.2 Å². The molecule has 1 atom stereocenters. The molecule has 1 aliphatic heterocycles. The van der Waals surface area contributed by atoms with Gasteiger partial charge in [-0.05, 0) is 58.1 Å². The first kappa shape index (κ1) is 17.9. The van der Waals surface area contributed by atoms with Crippen molar-refractivity contribution in [2.75, 3.05) is 13.1 Å². The van der Waals surface area contributed by atoms with Crippen molar-refractivity contribution in [2.24, 2.45) is 0 Å². The highest BCUT2D eigenvalue weighted by atomic mass is 32.1. The Morgan fingerprint density at radius 2 is 2.00 bits per heavy atom. The number of thiophene rings is 1. The van der Waals surface area contributed by atoms with E-state index in [2.05, 4.69) is 51.3 Å². The van der Waals surface area contributed by atoms with E-state index in [0.29, 0.717) is 12.1 Å². The zero-order valence-electron chi connectivity index (χ0n) is 14.9. The monoisotopic (exact) mass is 380 g/mol. The topological polar surface area (TPSA) is 32.3 Å². The SMILES string of the molecule is O=C(NC[C@H](c1ccsc1)N1CCc2ccccc2C1)c1cccc(F)c1. The summed E-state index contributed by atoms with van der Waals surface area (Å²) < 4.78 is 13.4. The van der Waals surface area contributed by atoms with Gasteiger partial charge in [0.2, 0.25) is 0 Å². The highest BCUT2D eigenvalue weighted by molar-refractivity contribution is 7.07. The fourth-order valence-corrected chi connectivity index (χ4v) is 4.33. The summed E-state index contributed by atoms with van der Waals surface area (Å²) in [6, 6.07) is 16.6. The van der Waals surface area contributed by atoms with Crippen LogP contribution in [0.25, 0.3) is 0 Å².